The third kappa shape index (κ3) is 2.47. The lowest BCUT2D eigenvalue weighted by atomic mass is 10.3. The zero-order valence-electron chi connectivity index (χ0n) is 12.2. The highest BCUT2D eigenvalue weighted by molar-refractivity contribution is 5.05. The molecule has 1 aliphatic heterocycles. The van der Waals surface area contributed by atoms with Gasteiger partial charge in [-0.2, -0.15) is 5.10 Å². The van der Waals surface area contributed by atoms with Gasteiger partial charge < -0.3 is 9.88 Å². The summed E-state index contributed by atoms with van der Waals surface area (Å²) < 4.78 is 4.31. The second-order valence-corrected chi connectivity index (χ2v) is 5.38. The SMILES string of the molecule is CCCn1nccc1CNC(C)c1nnc2n1CCC2. The van der Waals surface area contributed by atoms with Crippen LogP contribution in [-0.2, 0) is 26.1 Å². The molecule has 3 rings (SSSR count). The minimum absolute atomic E-state index is 0.208. The van der Waals surface area contributed by atoms with Gasteiger partial charge in [-0.05, 0) is 25.8 Å². The standard InChI is InChI=1S/C14H22N6/c1-3-8-20-12(6-7-16-20)10-15-11(2)14-18-17-13-5-4-9-19(13)14/h6-7,11,15H,3-5,8-10H2,1-2H3. The highest BCUT2D eigenvalue weighted by atomic mass is 15.3. The van der Waals surface area contributed by atoms with Crippen LogP contribution in [0.3, 0.4) is 0 Å². The third-order valence-corrected chi connectivity index (χ3v) is 3.85. The van der Waals surface area contributed by atoms with Gasteiger partial charge in [0.05, 0.1) is 11.7 Å². The Morgan fingerprint density at radius 2 is 2.30 bits per heavy atom. The zero-order chi connectivity index (χ0) is 13.9. The summed E-state index contributed by atoms with van der Waals surface area (Å²) in [4.78, 5) is 0. The van der Waals surface area contributed by atoms with Crippen molar-refractivity contribution in [1.82, 2.24) is 29.9 Å². The number of aryl methyl sites for hydroxylation is 2. The van der Waals surface area contributed by atoms with Crippen LogP contribution in [0.15, 0.2) is 12.3 Å². The average molecular weight is 274 g/mol. The summed E-state index contributed by atoms with van der Waals surface area (Å²) >= 11 is 0. The number of hydrogen-bond acceptors (Lipinski definition) is 4. The van der Waals surface area contributed by atoms with E-state index in [1.807, 2.05) is 6.20 Å². The molecule has 1 unspecified atom stereocenters. The Kier molecular flexibility index (Phi) is 3.82. The van der Waals surface area contributed by atoms with E-state index >= 15 is 0 Å². The van der Waals surface area contributed by atoms with Crippen LogP contribution < -0.4 is 5.32 Å². The first-order valence-electron chi connectivity index (χ1n) is 7.45. The Morgan fingerprint density at radius 1 is 1.40 bits per heavy atom. The van der Waals surface area contributed by atoms with E-state index in [2.05, 4.69) is 49.8 Å². The molecule has 0 spiro atoms. The summed E-state index contributed by atoms with van der Waals surface area (Å²) in [5.41, 5.74) is 1.22. The average Bonchev–Trinajstić information content (AvgIpc) is 3.12. The summed E-state index contributed by atoms with van der Waals surface area (Å²) in [5, 5.41) is 16.5. The Bertz CT molecular complexity index is 570. The first-order valence-corrected chi connectivity index (χ1v) is 7.45. The first kappa shape index (κ1) is 13.3. The Labute approximate surface area is 119 Å². The van der Waals surface area contributed by atoms with E-state index in [-0.39, 0.29) is 6.04 Å². The fourth-order valence-electron chi connectivity index (χ4n) is 2.77. The van der Waals surface area contributed by atoms with Crippen molar-refractivity contribution in [2.24, 2.45) is 0 Å². The van der Waals surface area contributed by atoms with Crippen LogP contribution in [0.1, 0.15) is 50.1 Å². The molecule has 20 heavy (non-hydrogen) atoms. The van der Waals surface area contributed by atoms with E-state index in [0.29, 0.717) is 0 Å². The van der Waals surface area contributed by atoms with Gasteiger partial charge in [0.1, 0.15) is 11.6 Å². The number of fused-ring (bicyclic) bond motifs is 1. The quantitative estimate of drug-likeness (QED) is 0.870. The molecular formula is C14H22N6. The summed E-state index contributed by atoms with van der Waals surface area (Å²) in [6.07, 6.45) is 5.21. The van der Waals surface area contributed by atoms with Crippen molar-refractivity contribution in [3.8, 4) is 0 Å². The van der Waals surface area contributed by atoms with Gasteiger partial charge in [-0.3, -0.25) is 4.68 Å². The normalized spacial score (nSPS) is 15.5. The lowest BCUT2D eigenvalue weighted by Gasteiger charge is -2.14. The fraction of sp³-hybridized carbons (Fsp3) is 0.643. The maximum absolute atomic E-state index is 4.35. The maximum atomic E-state index is 4.35. The van der Waals surface area contributed by atoms with E-state index in [0.717, 1.165) is 44.1 Å². The van der Waals surface area contributed by atoms with Crippen molar-refractivity contribution in [2.45, 2.75) is 58.8 Å². The topological polar surface area (TPSA) is 60.6 Å². The van der Waals surface area contributed by atoms with Gasteiger partial charge in [-0.1, -0.05) is 6.92 Å². The molecule has 1 N–H and O–H groups in total. The fourth-order valence-corrected chi connectivity index (χ4v) is 2.77. The minimum atomic E-state index is 0.208. The number of nitrogens with one attached hydrogen (secondary N) is 1. The van der Waals surface area contributed by atoms with E-state index in [9.17, 15) is 0 Å². The van der Waals surface area contributed by atoms with Gasteiger partial charge in [-0.25, -0.2) is 0 Å². The predicted octanol–water partition coefficient (Wildman–Crippen LogP) is 1.68. The first-order chi connectivity index (χ1) is 9.79. The second-order valence-electron chi connectivity index (χ2n) is 5.38. The van der Waals surface area contributed by atoms with Crippen LogP contribution in [0.2, 0.25) is 0 Å². The van der Waals surface area contributed by atoms with E-state index in [4.69, 9.17) is 0 Å². The van der Waals surface area contributed by atoms with Gasteiger partial charge in [0.2, 0.25) is 0 Å². The number of nitrogens with zero attached hydrogens (tertiary/aromatic N) is 5. The van der Waals surface area contributed by atoms with E-state index in [1.165, 1.54) is 12.1 Å². The minimum Gasteiger partial charge on any atom is -0.314 e. The highest BCUT2D eigenvalue weighted by Crippen LogP contribution is 2.19. The summed E-state index contributed by atoms with van der Waals surface area (Å²) in [6, 6.07) is 2.28. The largest absolute Gasteiger partial charge is 0.314 e. The van der Waals surface area contributed by atoms with Crippen molar-refractivity contribution < 1.29 is 0 Å². The van der Waals surface area contributed by atoms with Crippen molar-refractivity contribution >= 4 is 0 Å². The Morgan fingerprint density at radius 3 is 3.15 bits per heavy atom. The molecule has 0 fully saturated rings. The lowest BCUT2D eigenvalue weighted by molar-refractivity contribution is 0.487. The number of aromatic nitrogens is 5. The molecule has 0 radical (unpaired) electrons. The van der Waals surface area contributed by atoms with Crippen molar-refractivity contribution in [1.29, 1.82) is 0 Å². The van der Waals surface area contributed by atoms with Crippen LogP contribution in [0, 0.1) is 0 Å². The summed E-state index contributed by atoms with van der Waals surface area (Å²) in [6.45, 7) is 7.15. The molecule has 6 heteroatoms. The van der Waals surface area contributed by atoms with Gasteiger partial charge in [0.25, 0.3) is 0 Å². The monoisotopic (exact) mass is 274 g/mol. The van der Waals surface area contributed by atoms with Crippen LogP contribution in [0.25, 0.3) is 0 Å². The van der Waals surface area contributed by atoms with Crippen molar-refractivity contribution in [3.63, 3.8) is 0 Å². The number of rotatable bonds is 6. The molecule has 0 aromatic carbocycles. The molecule has 0 saturated carbocycles. The predicted molar refractivity (Wildman–Crippen MR) is 76.1 cm³/mol. The molecule has 2 aromatic heterocycles. The van der Waals surface area contributed by atoms with Gasteiger partial charge in [-0.15, -0.1) is 10.2 Å². The molecule has 3 heterocycles. The molecule has 0 saturated heterocycles. The van der Waals surface area contributed by atoms with Gasteiger partial charge in [0, 0.05) is 32.3 Å². The second kappa shape index (κ2) is 5.75. The molecule has 1 aliphatic rings. The lowest BCUT2D eigenvalue weighted by Crippen LogP contribution is -2.23. The van der Waals surface area contributed by atoms with Crippen molar-refractivity contribution in [3.05, 3.63) is 29.6 Å². The van der Waals surface area contributed by atoms with Crippen LogP contribution in [0.4, 0.5) is 0 Å². The molecule has 1 atom stereocenters. The van der Waals surface area contributed by atoms with Crippen LogP contribution >= 0.6 is 0 Å². The Balaban J connectivity index is 1.64. The third-order valence-electron chi connectivity index (χ3n) is 3.85. The smallest absolute Gasteiger partial charge is 0.149 e. The van der Waals surface area contributed by atoms with Crippen molar-refractivity contribution in [2.75, 3.05) is 0 Å². The summed E-state index contributed by atoms with van der Waals surface area (Å²) in [5.74, 6) is 2.18. The number of hydrogen-bond donors (Lipinski definition) is 1. The molecule has 0 amide bonds. The molecule has 6 nitrogen and oxygen atoms in total. The van der Waals surface area contributed by atoms with Gasteiger partial charge >= 0.3 is 0 Å². The maximum Gasteiger partial charge on any atom is 0.149 e. The van der Waals surface area contributed by atoms with E-state index < -0.39 is 0 Å². The molecule has 2 aromatic rings. The molecule has 108 valence electrons. The van der Waals surface area contributed by atoms with E-state index in [1.54, 1.807) is 0 Å². The van der Waals surface area contributed by atoms with Crippen LogP contribution in [0.5, 0.6) is 0 Å². The van der Waals surface area contributed by atoms with Crippen LogP contribution in [-0.4, -0.2) is 24.5 Å². The summed E-state index contributed by atoms with van der Waals surface area (Å²) in [7, 11) is 0. The Hall–Kier alpha value is -1.69. The molecule has 0 bridgehead atoms. The highest BCUT2D eigenvalue weighted by Gasteiger charge is 2.21. The zero-order valence-corrected chi connectivity index (χ0v) is 12.2. The molecule has 0 aliphatic carbocycles. The van der Waals surface area contributed by atoms with Gasteiger partial charge in [0.15, 0.2) is 0 Å². The molecular weight excluding hydrogens is 252 g/mol.